The molecule has 2 atom stereocenters. The van der Waals surface area contributed by atoms with E-state index in [2.05, 4.69) is 6.92 Å². The minimum Gasteiger partial charge on any atom is -0.393 e. The third kappa shape index (κ3) is 17.9. The Hall–Kier alpha value is -0.130. The van der Waals surface area contributed by atoms with Crippen LogP contribution in [0.3, 0.4) is 0 Å². The normalized spacial score (nSPS) is 14.3. The maximum Gasteiger partial charge on any atom is 0.267 e. The van der Waals surface area contributed by atoms with Gasteiger partial charge in [-0.2, -0.15) is 8.42 Å². The summed E-state index contributed by atoms with van der Waals surface area (Å²) in [6.45, 7) is 4.19. The van der Waals surface area contributed by atoms with Gasteiger partial charge in [-0.15, -0.1) is 0 Å². The molecule has 5 heteroatoms. The molecule has 0 amide bonds. The molecule has 0 saturated carbocycles. The summed E-state index contributed by atoms with van der Waals surface area (Å²) in [5.74, 6) is 0. The summed E-state index contributed by atoms with van der Waals surface area (Å²) in [7, 11) is -3.89. The highest BCUT2D eigenvalue weighted by molar-refractivity contribution is 7.86. The lowest BCUT2D eigenvalue weighted by Crippen LogP contribution is -2.20. The molecule has 0 heterocycles. The van der Waals surface area contributed by atoms with Crippen molar-refractivity contribution >= 4 is 10.1 Å². The van der Waals surface area contributed by atoms with Gasteiger partial charge in [-0.1, -0.05) is 110 Å². The molecule has 0 fully saturated rings. The second-order valence-electron chi connectivity index (χ2n) is 8.54. The predicted molar refractivity (Wildman–Crippen MR) is 120 cm³/mol. The molecule has 0 aromatic rings. The van der Waals surface area contributed by atoms with Crippen LogP contribution in [-0.4, -0.2) is 29.4 Å². The van der Waals surface area contributed by atoms with Crippen molar-refractivity contribution in [1.29, 1.82) is 0 Å². The van der Waals surface area contributed by atoms with Gasteiger partial charge >= 0.3 is 0 Å². The zero-order valence-corrected chi connectivity index (χ0v) is 19.5. The van der Waals surface area contributed by atoms with Crippen molar-refractivity contribution in [3.63, 3.8) is 0 Å². The van der Waals surface area contributed by atoms with E-state index < -0.39 is 15.4 Å². The fraction of sp³-hybridized carbons (Fsp3) is 1.00. The van der Waals surface area contributed by atoms with Gasteiger partial charge in [0.1, 0.15) is 0 Å². The molecule has 28 heavy (non-hydrogen) atoms. The van der Waals surface area contributed by atoms with Crippen LogP contribution in [0.2, 0.25) is 0 Å². The van der Waals surface area contributed by atoms with Crippen molar-refractivity contribution in [2.75, 3.05) is 0 Å². The van der Waals surface area contributed by atoms with Gasteiger partial charge in [-0.05, 0) is 25.7 Å². The molecule has 4 nitrogen and oxygen atoms in total. The molecule has 170 valence electrons. The number of hydrogen-bond acceptors (Lipinski definition) is 3. The van der Waals surface area contributed by atoms with Gasteiger partial charge in [-0.25, -0.2) is 0 Å². The van der Waals surface area contributed by atoms with Crippen LogP contribution in [0.1, 0.15) is 136 Å². The van der Waals surface area contributed by atoms with Gasteiger partial charge in [0.05, 0.1) is 11.4 Å². The first-order valence-corrected chi connectivity index (χ1v) is 13.6. The molecule has 0 aliphatic heterocycles. The van der Waals surface area contributed by atoms with Crippen molar-refractivity contribution in [1.82, 2.24) is 0 Å². The third-order valence-electron chi connectivity index (χ3n) is 5.74. The van der Waals surface area contributed by atoms with Gasteiger partial charge in [0.15, 0.2) is 0 Å². The zero-order chi connectivity index (χ0) is 21.1. The molecule has 0 aromatic carbocycles. The molecule has 0 aromatic heterocycles. The van der Waals surface area contributed by atoms with Gasteiger partial charge in [-0.3, -0.25) is 4.55 Å². The number of unbranched alkanes of at least 4 members (excludes halogenated alkanes) is 12. The summed E-state index contributed by atoms with van der Waals surface area (Å²) >= 11 is 0. The lowest BCUT2D eigenvalue weighted by Gasteiger charge is -2.13. The number of aliphatic hydroxyl groups is 1. The van der Waals surface area contributed by atoms with Crippen LogP contribution in [0.25, 0.3) is 0 Å². The molecule has 2 N–H and O–H groups in total. The van der Waals surface area contributed by atoms with E-state index in [9.17, 15) is 18.1 Å². The second kappa shape index (κ2) is 18.9. The molecular weight excluding hydrogens is 372 g/mol. The van der Waals surface area contributed by atoms with Crippen molar-refractivity contribution in [3.8, 4) is 0 Å². The lowest BCUT2D eigenvalue weighted by molar-refractivity contribution is 0.147. The van der Waals surface area contributed by atoms with E-state index in [0.29, 0.717) is 12.8 Å². The first kappa shape index (κ1) is 27.9. The minimum atomic E-state index is -3.89. The summed E-state index contributed by atoms with van der Waals surface area (Å²) in [6, 6.07) is 0. The van der Waals surface area contributed by atoms with Crippen LogP contribution in [0.4, 0.5) is 0 Å². The van der Waals surface area contributed by atoms with Crippen molar-refractivity contribution in [2.24, 2.45) is 0 Å². The summed E-state index contributed by atoms with van der Waals surface area (Å²) in [5.41, 5.74) is 0. The zero-order valence-electron chi connectivity index (χ0n) is 18.7. The highest BCUT2D eigenvalue weighted by Gasteiger charge is 2.21. The van der Waals surface area contributed by atoms with Crippen molar-refractivity contribution in [3.05, 3.63) is 0 Å². The molecule has 2 unspecified atom stereocenters. The summed E-state index contributed by atoms with van der Waals surface area (Å²) in [4.78, 5) is 0. The van der Waals surface area contributed by atoms with Crippen LogP contribution >= 0.6 is 0 Å². The second-order valence-corrected chi connectivity index (χ2v) is 10.2. The Labute approximate surface area is 175 Å². The van der Waals surface area contributed by atoms with Gasteiger partial charge < -0.3 is 5.11 Å². The molecular formula is C23H48O4S. The largest absolute Gasteiger partial charge is 0.393 e. The maximum atomic E-state index is 11.3. The van der Waals surface area contributed by atoms with Crippen LogP contribution in [0, 0.1) is 0 Å². The Morgan fingerprint density at radius 3 is 1.36 bits per heavy atom. The van der Waals surface area contributed by atoms with E-state index in [1.54, 1.807) is 0 Å². The molecule has 0 aliphatic rings. The Kier molecular flexibility index (Phi) is 18.8. The average molecular weight is 421 g/mol. The Morgan fingerprint density at radius 2 is 0.964 bits per heavy atom. The monoisotopic (exact) mass is 420 g/mol. The smallest absolute Gasteiger partial charge is 0.267 e. The van der Waals surface area contributed by atoms with E-state index in [0.717, 1.165) is 57.8 Å². The highest BCUT2D eigenvalue weighted by Crippen LogP contribution is 2.18. The van der Waals surface area contributed by atoms with Crippen LogP contribution in [0.15, 0.2) is 0 Å². The molecule has 0 spiro atoms. The minimum absolute atomic E-state index is 0.155. The maximum absolute atomic E-state index is 11.3. The quantitative estimate of drug-likeness (QED) is 0.154. The first-order valence-electron chi connectivity index (χ1n) is 12.1. The number of hydrogen-bond donors (Lipinski definition) is 2. The van der Waals surface area contributed by atoms with Gasteiger partial charge in [0, 0.05) is 0 Å². The van der Waals surface area contributed by atoms with E-state index in [1.165, 1.54) is 51.4 Å². The van der Waals surface area contributed by atoms with Crippen LogP contribution in [0.5, 0.6) is 0 Å². The van der Waals surface area contributed by atoms with E-state index in [4.69, 9.17) is 0 Å². The first-order chi connectivity index (χ1) is 13.4. The predicted octanol–water partition coefficient (Wildman–Crippen LogP) is 7.06. The summed E-state index contributed by atoms with van der Waals surface area (Å²) in [5, 5.41) is 9.49. The molecule has 0 saturated heterocycles. The number of aliphatic hydroxyl groups excluding tert-OH is 1. The molecule has 0 rings (SSSR count). The van der Waals surface area contributed by atoms with Crippen molar-refractivity contribution in [2.45, 2.75) is 147 Å². The third-order valence-corrected chi connectivity index (χ3v) is 7.05. The Balaban J connectivity index is 3.44. The summed E-state index contributed by atoms with van der Waals surface area (Å²) in [6.07, 6.45) is 20.5. The number of rotatable bonds is 21. The van der Waals surface area contributed by atoms with Crippen molar-refractivity contribution < 1.29 is 18.1 Å². The van der Waals surface area contributed by atoms with E-state index >= 15 is 0 Å². The fourth-order valence-corrected chi connectivity index (χ4v) is 4.88. The summed E-state index contributed by atoms with van der Waals surface area (Å²) < 4.78 is 31.8. The Bertz CT molecular complexity index is 422. The lowest BCUT2D eigenvalue weighted by atomic mass is 10.0. The van der Waals surface area contributed by atoms with Gasteiger partial charge in [0.25, 0.3) is 10.1 Å². The molecule has 0 aliphatic carbocycles. The molecule has 0 radical (unpaired) electrons. The SMILES string of the molecule is CCCCCCCCCCCC(O)CCCCCCCC(CCC)S(=O)(=O)O. The standard InChI is InChI=1S/C23H48O4S/c1-3-5-6-7-8-9-10-12-15-19-22(24)20-16-13-11-14-17-21-23(18-4-2)28(25,26)27/h22-24H,3-21H2,1-2H3,(H,25,26,27). The fourth-order valence-electron chi connectivity index (χ4n) is 3.88. The van der Waals surface area contributed by atoms with E-state index in [1.807, 2.05) is 6.92 Å². The topological polar surface area (TPSA) is 74.6 Å². The molecule has 0 bridgehead atoms. The Morgan fingerprint density at radius 1 is 0.571 bits per heavy atom. The van der Waals surface area contributed by atoms with Gasteiger partial charge in [0.2, 0.25) is 0 Å². The highest BCUT2D eigenvalue weighted by atomic mass is 32.2. The van der Waals surface area contributed by atoms with Crippen LogP contribution < -0.4 is 0 Å². The van der Waals surface area contributed by atoms with E-state index in [-0.39, 0.29) is 6.10 Å². The van der Waals surface area contributed by atoms with Crippen LogP contribution in [-0.2, 0) is 10.1 Å². The average Bonchev–Trinajstić information content (AvgIpc) is 2.64.